The fourth-order valence-electron chi connectivity index (χ4n) is 8.83. The minimum absolute atomic E-state index is 0.0171. The number of nitrogens with zero attached hydrogens (tertiary/aromatic N) is 5. The predicted molar refractivity (Wildman–Crippen MR) is 271 cm³/mol. The summed E-state index contributed by atoms with van der Waals surface area (Å²) >= 11 is 2.94. The number of likely N-dealkylation sites (tertiary alicyclic amines) is 2. The maximum Gasteiger partial charge on any atom is 0.408 e. The molecular weight excluding hydrogens is 969 g/mol. The van der Waals surface area contributed by atoms with Crippen molar-refractivity contribution in [2.45, 2.75) is 144 Å². The van der Waals surface area contributed by atoms with Gasteiger partial charge < -0.3 is 56.4 Å². The molecule has 4 aromatic rings. The fraction of sp³-hybridized carbons (Fsp3) is 0.520. The zero-order valence-corrected chi connectivity index (χ0v) is 44.1. The lowest BCUT2D eigenvalue weighted by Crippen LogP contribution is -2.63. The van der Waals surface area contributed by atoms with Gasteiger partial charge in [-0.25, -0.2) is 19.6 Å². The highest BCUT2D eigenvalue weighted by atomic mass is 32.1. The summed E-state index contributed by atoms with van der Waals surface area (Å²) in [6.45, 7) is 19.3. The topological polar surface area (TPSA) is 295 Å². The number of aliphatic hydroxyl groups is 2. The highest BCUT2D eigenvalue weighted by Crippen LogP contribution is 2.36. The number of thiazole rings is 2. The molecule has 2 aromatic heterocycles. The number of amides is 6. The Labute approximate surface area is 427 Å². The Morgan fingerprint density at radius 3 is 1.42 bits per heavy atom. The van der Waals surface area contributed by atoms with Gasteiger partial charge in [-0.05, 0) is 68.7 Å². The van der Waals surface area contributed by atoms with Crippen LogP contribution in [0.15, 0.2) is 47.4 Å². The first kappa shape index (κ1) is 56.6. The van der Waals surface area contributed by atoms with Crippen LogP contribution in [-0.4, -0.2) is 146 Å². The van der Waals surface area contributed by atoms with Gasteiger partial charge in [0.1, 0.15) is 35.7 Å². The second-order valence-corrected chi connectivity index (χ2v) is 23.0. The number of carboxylic acid groups (broad SMARTS) is 2. The van der Waals surface area contributed by atoms with Crippen molar-refractivity contribution >= 4 is 58.5 Å². The number of β-amino-alcohol motifs (C(OH)–C–C–N with tert-alkyl or cyclic N) is 2. The predicted octanol–water partition coefficient (Wildman–Crippen LogP) is 5.68. The molecule has 20 nitrogen and oxygen atoms in total. The van der Waals surface area contributed by atoms with Crippen molar-refractivity contribution in [3.8, 4) is 32.4 Å². The standard InChI is InChI=1S/C27H38N4O6S.C23H30N4O6S/c1-15-21(38-14-29-15)16-8-9-17(20(33)10-16)12-28-23(34)19-11-18(32)13-30(19)24(35)22(26(2,3)4)31(25(36)37)27(5,6)7;1-12-18(34-11-25-12)13-5-6-14(17(29)7-13)9-24-20(30)16-8-15(28)10-27(16)21(31)19(23(2,3)4)26-22(32)33/h8-10,14,18-19,22,32-33H,11-13H2,1-7H3,(H,28,34)(H,36,37);5-7,11,15-16,19,26,28-29H,8-10H2,1-4H3,(H,24,30)(H,32,33)/t18-,19-,22-;15-,16-,19-/m11/s1. The summed E-state index contributed by atoms with van der Waals surface area (Å²) in [4.78, 5) is 90.6. The van der Waals surface area contributed by atoms with Crippen LogP contribution >= 0.6 is 22.7 Å². The first-order chi connectivity index (χ1) is 33.4. The molecule has 392 valence electrons. The van der Waals surface area contributed by atoms with E-state index in [2.05, 4.69) is 25.9 Å². The molecule has 9 N–H and O–H groups in total. The van der Waals surface area contributed by atoms with Gasteiger partial charge in [0.15, 0.2) is 0 Å². The van der Waals surface area contributed by atoms with Gasteiger partial charge in [-0.15, -0.1) is 22.7 Å². The van der Waals surface area contributed by atoms with Gasteiger partial charge in [0.05, 0.1) is 44.4 Å². The summed E-state index contributed by atoms with van der Waals surface area (Å²) in [5, 5.41) is 68.4. The molecule has 6 amide bonds. The molecule has 0 saturated carbocycles. The zero-order valence-electron chi connectivity index (χ0n) is 42.5. The molecule has 72 heavy (non-hydrogen) atoms. The molecule has 0 unspecified atom stereocenters. The first-order valence-electron chi connectivity index (χ1n) is 23.4. The number of hydrogen-bond acceptors (Lipinski definition) is 14. The van der Waals surface area contributed by atoms with Crippen LogP contribution in [0, 0.1) is 24.7 Å². The van der Waals surface area contributed by atoms with E-state index in [1.165, 1.54) is 32.5 Å². The van der Waals surface area contributed by atoms with Crippen LogP contribution in [0.25, 0.3) is 20.9 Å². The van der Waals surface area contributed by atoms with Crippen molar-refractivity contribution < 1.29 is 59.4 Å². The number of aliphatic hydroxyl groups excluding tert-OH is 2. The monoisotopic (exact) mass is 1040 g/mol. The van der Waals surface area contributed by atoms with E-state index in [0.717, 1.165) is 37.2 Å². The highest BCUT2D eigenvalue weighted by Gasteiger charge is 2.50. The van der Waals surface area contributed by atoms with Crippen molar-refractivity contribution in [3.05, 3.63) is 69.9 Å². The normalized spacial score (nSPS) is 18.9. The van der Waals surface area contributed by atoms with E-state index >= 15 is 0 Å². The third-order valence-corrected chi connectivity index (χ3v) is 14.4. The molecule has 2 saturated heterocycles. The van der Waals surface area contributed by atoms with Crippen molar-refractivity contribution in [1.82, 2.24) is 40.6 Å². The molecule has 2 fully saturated rings. The van der Waals surface area contributed by atoms with E-state index in [-0.39, 0.29) is 50.5 Å². The number of nitrogens with one attached hydrogen (secondary N) is 3. The Morgan fingerprint density at radius 2 is 1.10 bits per heavy atom. The summed E-state index contributed by atoms with van der Waals surface area (Å²) in [6.07, 6.45) is -4.33. The SMILES string of the molecule is Cc1ncsc1-c1ccc(CNC(=O)[C@H]2C[C@@H](O)CN2C(=O)[C@@H](N(C(=O)O)C(C)(C)C)C(C)(C)C)c(O)c1.Cc1ncsc1-c1ccc(CNC(=O)[C@H]2C[C@@H](O)CN2C(=O)[C@@H](NC(=O)O)C(C)(C)C)c(O)c1. The molecule has 6 atom stereocenters. The number of carbonyl (C=O) groups excluding carboxylic acids is 4. The summed E-state index contributed by atoms with van der Waals surface area (Å²) < 4.78 is 0. The highest BCUT2D eigenvalue weighted by molar-refractivity contribution is 7.13. The third-order valence-electron chi connectivity index (χ3n) is 12.4. The third kappa shape index (κ3) is 13.6. The largest absolute Gasteiger partial charge is 0.508 e. The van der Waals surface area contributed by atoms with Gasteiger partial charge in [0.2, 0.25) is 23.6 Å². The first-order valence-corrected chi connectivity index (χ1v) is 25.2. The number of benzene rings is 2. The molecule has 0 radical (unpaired) electrons. The number of phenolic OH excluding ortho intramolecular Hbond substituents is 2. The second-order valence-electron chi connectivity index (χ2n) is 21.3. The molecule has 2 aliphatic rings. The molecule has 22 heteroatoms. The van der Waals surface area contributed by atoms with Gasteiger partial charge in [-0.2, -0.15) is 0 Å². The van der Waals surface area contributed by atoms with Crippen molar-refractivity contribution in [2.24, 2.45) is 10.8 Å². The van der Waals surface area contributed by atoms with E-state index in [4.69, 9.17) is 5.11 Å². The van der Waals surface area contributed by atoms with Crippen LogP contribution in [0.4, 0.5) is 9.59 Å². The molecule has 2 aliphatic heterocycles. The number of aromatic nitrogens is 2. The maximum atomic E-state index is 13.8. The van der Waals surface area contributed by atoms with Crippen LogP contribution < -0.4 is 16.0 Å². The van der Waals surface area contributed by atoms with E-state index in [0.29, 0.717) is 11.1 Å². The molecule has 0 aliphatic carbocycles. The number of phenols is 2. The number of rotatable bonds is 12. The summed E-state index contributed by atoms with van der Waals surface area (Å²) in [6, 6.07) is 6.26. The van der Waals surface area contributed by atoms with E-state index < -0.39 is 88.6 Å². The van der Waals surface area contributed by atoms with Crippen molar-refractivity contribution in [3.63, 3.8) is 0 Å². The van der Waals surface area contributed by atoms with Crippen LogP contribution in [0.2, 0.25) is 0 Å². The zero-order chi connectivity index (χ0) is 53.8. The quantitative estimate of drug-likeness (QED) is 0.0826. The van der Waals surface area contributed by atoms with Gasteiger partial charge in [-0.1, -0.05) is 65.8 Å². The van der Waals surface area contributed by atoms with Gasteiger partial charge in [-0.3, -0.25) is 24.1 Å². The number of aryl methyl sites for hydroxylation is 2. The molecule has 0 spiro atoms. The van der Waals surface area contributed by atoms with Crippen molar-refractivity contribution in [2.75, 3.05) is 13.1 Å². The van der Waals surface area contributed by atoms with Crippen LogP contribution in [0.5, 0.6) is 11.5 Å². The van der Waals surface area contributed by atoms with Crippen LogP contribution in [-0.2, 0) is 32.3 Å². The Morgan fingerprint density at radius 1 is 0.681 bits per heavy atom. The van der Waals surface area contributed by atoms with E-state index in [1.54, 1.807) is 97.6 Å². The minimum Gasteiger partial charge on any atom is -0.508 e. The van der Waals surface area contributed by atoms with E-state index in [1.807, 2.05) is 26.0 Å². The summed E-state index contributed by atoms with van der Waals surface area (Å²) in [5.74, 6) is -2.04. The minimum atomic E-state index is -1.35. The van der Waals surface area contributed by atoms with Gasteiger partial charge in [0, 0.05) is 55.7 Å². The fourth-order valence-corrected chi connectivity index (χ4v) is 10.4. The smallest absolute Gasteiger partial charge is 0.408 e. The number of aromatic hydroxyl groups is 2. The molecule has 2 aromatic carbocycles. The summed E-state index contributed by atoms with van der Waals surface area (Å²) in [5.41, 5.74) is 5.43. The lowest BCUT2D eigenvalue weighted by Gasteiger charge is -2.46. The Kier molecular flexibility index (Phi) is 17.7. The molecule has 4 heterocycles. The number of carbonyl (C=O) groups is 6. The van der Waals surface area contributed by atoms with Gasteiger partial charge >= 0.3 is 12.2 Å². The van der Waals surface area contributed by atoms with Gasteiger partial charge in [0.25, 0.3) is 0 Å². The average molecular weight is 1040 g/mol. The molecular formula is C50H68N8O12S2. The lowest BCUT2D eigenvalue weighted by molar-refractivity contribution is -0.147. The Balaban J connectivity index is 0.000000269. The second kappa shape index (κ2) is 22.6. The Bertz CT molecular complexity index is 2630. The van der Waals surface area contributed by atoms with Crippen LogP contribution in [0.3, 0.4) is 0 Å². The lowest BCUT2D eigenvalue weighted by atomic mass is 9.82. The molecule has 6 rings (SSSR count). The summed E-state index contributed by atoms with van der Waals surface area (Å²) in [7, 11) is 0. The average Bonchev–Trinajstić information content (AvgIpc) is 4.09. The Hall–Kier alpha value is -6.36. The van der Waals surface area contributed by atoms with Crippen LogP contribution in [0.1, 0.15) is 97.7 Å². The van der Waals surface area contributed by atoms with E-state index in [9.17, 15) is 54.3 Å². The number of hydrogen-bond donors (Lipinski definition) is 9. The maximum absolute atomic E-state index is 13.8. The van der Waals surface area contributed by atoms with Crippen molar-refractivity contribution in [1.29, 1.82) is 0 Å². The molecule has 0 bridgehead atoms.